The normalized spacial score (nSPS) is 20.3. The highest BCUT2D eigenvalue weighted by atomic mass is 16.5. The smallest absolute Gasteiger partial charge is 0.336 e. The molecule has 1 fully saturated rings. The molecule has 0 bridgehead atoms. The van der Waals surface area contributed by atoms with Crippen molar-refractivity contribution in [2.75, 3.05) is 7.11 Å². The number of fused-ring (bicyclic) bond motifs is 2. The molecule has 7 heteroatoms. The number of hydrogen-bond donors (Lipinski definition) is 1. The molecule has 1 unspecified atom stereocenters. The number of carbonyl (C=O) groups excluding carboxylic acids is 2. The highest BCUT2D eigenvalue weighted by Crippen LogP contribution is 2.33. The molecule has 2 aliphatic rings. The topological polar surface area (TPSA) is 88.8 Å². The molecule has 0 radical (unpaired) electrons. The fraction of sp³-hybridized carbons (Fsp3) is 0.292. The fourth-order valence-corrected chi connectivity index (χ4v) is 4.56. The third-order valence-corrected chi connectivity index (χ3v) is 6.31. The third kappa shape index (κ3) is 3.08. The minimum Gasteiger partial charge on any atom is -0.497 e. The molecule has 0 spiro atoms. The maximum Gasteiger partial charge on any atom is 0.336 e. The Morgan fingerprint density at radius 3 is 2.48 bits per heavy atom. The lowest BCUT2D eigenvalue weighted by atomic mass is 9.92. The Bertz CT molecular complexity index is 1280. The Morgan fingerprint density at radius 2 is 1.77 bits per heavy atom. The van der Waals surface area contributed by atoms with Crippen LogP contribution in [-0.4, -0.2) is 23.9 Å². The van der Waals surface area contributed by atoms with Gasteiger partial charge >= 0.3 is 11.7 Å². The molecule has 7 nitrogen and oxygen atoms in total. The third-order valence-electron chi connectivity index (χ3n) is 6.31. The van der Waals surface area contributed by atoms with Gasteiger partial charge in [-0.1, -0.05) is 12.1 Å². The maximum atomic E-state index is 13.3. The molecular formula is C24H22N2O5. The van der Waals surface area contributed by atoms with Crippen molar-refractivity contribution in [2.24, 2.45) is 0 Å². The van der Waals surface area contributed by atoms with Gasteiger partial charge in [0, 0.05) is 11.5 Å². The number of nitrogens with one attached hydrogen (secondary N) is 1. The summed E-state index contributed by atoms with van der Waals surface area (Å²) in [5.41, 5.74) is 2.48. The summed E-state index contributed by atoms with van der Waals surface area (Å²) in [6, 6.07) is 11.8. The number of carbonyl (C=O) groups is 2. The summed E-state index contributed by atoms with van der Waals surface area (Å²) in [7, 11) is 1.57. The van der Waals surface area contributed by atoms with E-state index >= 15 is 0 Å². The average Bonchev–Trinajstić information content (AvgIpc) is 3.30. The van der Waals surface area contributed by atoms with Gasteiger partial charge in [-0.25, -0.2) is 9.59 Å². The van der Waals surface area contributed by atoms with Crippen LogP contribution >= 0.6 is 0 Å². The molecule has 3 amide bonds. The van der Waals surface area contributed by atoms with Crippen molar-refractivity contribution >= 4 is 22.9 Å². The van der Waals surface area contributed by atoms with Crippen molar-refractivity contribution in [1.82, 2.24) is 10.2 Å². The molecular weight excluding hydrogens is 396 g/mol. The minimum atomic E-state index is -1.19. The average molecular weight is 418 g/mol. The van der Waals surface area contributed by atoms with Crippen LogP contribution in [0.25, 0.3) is 11.0 Å². The summed E-state index contributed by atoms with van der Waals surface area (Å²) < 4.78 is 10.6. The molecule has 3 aromatic rings. The number of aryl methyl sites for hydroxylation is 2. The molecule has 1 atom stereocenters. The predicted molar refractivity (Wildman–Crippen MR) is 114 cm³/mol. The van der Waals surface area contributed by atoms with E-state index < -0.39 is 17.2 Å². The SMILES string of the molecule is COc1ccc(C2(C)NC(=O)N(Cc3cc(=O)oc4cc5c(cc34)CCC5)C2=O)cc1. The molecule has 1 aromatic heterocycles. The van der Waals surface area contributed by atoms with Crippen LogP contribution in [0, 0.1) is 0 Å². The van der Waals surface area contributed by atoms with Crippen molar-refractivity contribution in [3.05, 3.63) is 75.1 Å². The van der Waals surface area contributed by atoms with Gasteiger partial charge < -0.3 is 14.5 Å². The van der Waals surface area contributed by atoms with E-state index in [2.05, 4.69) is 5.32 Å². The highest BCUT2D eigenvalue weighted by Gasteiger charge is 2.49. The van der Waals surface area contributed by atoms with Crippen molar-refractivity contribution in [3.8, 4) is 5.75 Å². The molecule has 1 aliphatic carbocycles. The maximum absolute atomic E-state index is 13.3. The number of hydrogen-bond acceptors (Lipinski definition) is 5. The van der Waals surface area contributed by atoms with E-state index in [4.69, 9.17) is 9.15 Å². The molecule has 2 aromatic carbocycles. The Morgan fingerprint density at radius 1 is 1.06 bits per heavy atom. The molecule has 31 heavy (non-hydrogen) atoms. The van der Waals surface area contributed by atoms with E-state index in [-0.39, 0.29) is 12.5 Å². The second-order valence-corrected chi connectivity index (χ2v) is 8.24. The van der Waals surface area contributed by atoms with E-state index in [0.717, 1.165) is 29.5 Å². The summed E-state index contributed by atoms with van der Waals surface area (Å²) >= 11 is 0. The zero-order valence-electron chi connectivity index (χ0n) is 17.4. The fourth-order valence-electron chi connectivity index (χ4n) is 4.56. The first-order valence-electron chi connectivity index (χ1n) is 10.3. The molecule has 0 saturated carbocycles. The van der Waals surface area contributed by atoms with Gasteiger partial charge in [-0.15, -0.1) is 0 Å². The number of rotatable bonds is 4. The van der Waals surface area contributed by atoms with Crippen LogP contribution < -0.4 is 15.7 Å². The van der Waals surface area contributed by atoms with Gasteiger partial charge in [0.25, 0.3) is 5.91 Å². The van der Waals surface area contributed by atoms with Crippen molar-refractivity contribution in [3.63, 3.8) is 0 Å². The molecule has 1 saturated heterocycles. The zero-order valence-corrected chi connectivity index (χ0v) is 17.4. The lowest BCUT2D eigenvalue weighted by Gasteiger charge is -2.22. The summed E-state index contributed by atoms with van der Waals surface area (Å²) in [5.74, 6) is 0.293. The van der Waals surface area contributed by atoms with E-state index in [9.17, 15) is 14.4 Å². The van der Waals surface area contributed by atoms with E-state index in [1.165, 1.54) is 17.2 Å². The Hall–Kier alpha value is -3.61. The molecule has 1 aliphatic heterocycles. The van der Waals surface area contributed by atoms with Gasteiger partial charge in [-0.3, -0.25) is 9.69 Å². The number of urea groups is 1. The molecule has 2 heterocycles. The van der Waals surface area contributed by atoms with Crippen LogP contribution in [0.5, 0.6) is 5.75 Å². The highest BCUT2D eigenvalue weighted by molar-refractivity contribution is 6.07. The van der Waals surface area contributed by atoms with Crippen LogP contribution in [0.2, 0.25) is 0 Å². The number of imide groups is 1. The van der Waals surface area contributed by atoms with Crippen molar-refractivity contribution in [1.29, 1.82) is 0 Å². The predicted octanol–water partition coefficient (Wildman–Crippen LogP) is 3.26. The minimum absolute atomic E-state index is 0.00268. The summed E-state index contributed by atoms with van der Waals surface area (Å²) in [6.07, 6.45) is 3.01. The first-order chi connectivity index (χ1) is 14.9. The lowest BCUT2D eigenvalue weighted by Crippen LogP contribution is -2.40. The molecule has 158 valence electrons. The number of benzene rings is 2. The van der Waals surface area contributed by atoms with Gasteiger partial charge in [-0.05, 0) is 72.7 Å². The van der Waals surface area contributed by atoms with Gasteiger partial charge in [0.05, 0.1) is 13.7 Å². The van der Waals surface area contributed by atoms with E-state index in [1.54, 1.807) is 38.3 Å². The second kappa shape index (κ2) is 6.97. The number of ether oxygens (including phenoxy) is 1. The molecule has 5 rings (SSSR count). The van der Waals surface area contributed by atoms with E-state index in [0.29, 0.717) is 22.5 Å². The number of amides is 3. The Labute approximate surface area is 178 Å². The molecule has 1 N–H and O–H groups in total. The van der Waals surface area contributed by atoms with Crippen LogP contribution in [0.1, 0.15) is 35.6 Å². The van der Waals surface area contributed by atoms with E-state index in [1.807, 2.05) is 12.1 Å². The summed E-state index contributed by atoms with van der Waals surface area (Å²) in [6.45, 7) is 1.68. The van der Waals surface area contributed by atoms with Gasteiger partial charge in [0.1, 0.15) is 16.9 Å². The number of nitrogens with zero attached hydrogens (tertiary/aromatic N) is 1. The monoisotopic (exact) mass is 418 g/mol. The van der Waals surface area contributed by atoms with Crippen molar-refractivity contribution in [2.45, 2.75) is 38.3 Å². The van der Waals surface area contributed by atoms with Crippen molar-refractivity contribution < 1.29 is 18.7 Å². The number of methoxy groups -OCH3 is 1. The first kappa shape index (κ1) is 19.4. The first-order valence-corrected chi connectivity index (χ1v) is 10.3. The van der Waals surface area contributed by atoms with Crippen LogP contribution in [0.15, 0.2) is 51.7 Å². The Balaban J connectivity index is 1.51. The quantitative estimate of drug-likeness (QED) is 0.519. The van der Waals surface area contributed by atoms with Crippen LogP contribution in [0.3, 0.4) is 0 Å². The summed E-state index contributed by atoms with van der Waals surface area (Å²) in [4.78, 5) is 39.4. The zero-order chi connectivity index (χ0) is 21.8. The van der Waals surface area contributed by atoms with Gasteiger partial charge in [0.15, 0.2) is 0 Å². The van der Waals surface area contributed by atoms with Gasteiger partial charge in [-0.2, -0.15) is 0 Å². The Kier molecular flexibility index (Phi) is 4.36. The second-order valence-electron chi connectivity index (χ2n) is 8.24. The van der Waals surface area contributed by atoms with Gasteiger partial charge in [0.2, 0.25) is 0 Å². The summed E-state index contributed by atoms with van der Waals surface area (Å²) in [5, 5.41) is 3.57. The standard InChI is InChI=1S/C24H22N2O5/c1-24(17-6-8-18(30-2)9-7-17)22(28)26(23(29)25-24)13-16-12-21(27)31-20-11-15-5-3-4-14(15)10-19(16)20/h6-12H,3-5,13H2,1-2H3,(H,25,29). The largest absolute Gasteiger partial charge is 0.497 e. The van der Waals surface area contributed by atoms with Crippen LogP contribution in [0.4, 0.5) is 4.79 Å². The van der Waals surface area contributed by atoms with Crippen LogP contribution in [-0.2, 0) is 29.7 Å². The lowest BCUT2D eigenvalue weighted by molar-refractivity contribution is -0.131.